The molecule has 2 amide bonds. The van der Waals surface area contributed by atoms with E-state index in [9.17, 15) is 9.59 Å². The van der Waals surface area contributed by atoms with E-state index in [1.54, 1.807) is 0 Å². The molecule has 0 spiro atoms. The zero-order chi connectivity index (χ0) is 20.8. The van der Waals surface area contributed by atoms with Gasteiger partial charge < -0.3 is 11.1 Å². The Kier molecular flexibility index (Phi) is 7.04. The zero-order valence-electron chi connectivity index (χ0n) is 17.3. The van der Waals surface area contributed by atoms with E-state index in [0.717, 1.165) is 42.6 Å². The van der Waals surface area contributed by atoms with E-state index in [4.69, 9.17) is 5.73 Å². The smallest absolute Gasteiger partial charge is 0.234 e. The number of primary amides is 1. The van der Waals surface area contributed by atoms with Gasteiger partial charge in [0, 0.05) is 12.2 Å². The van der Waals surface area contributed by atoms with Gasteiger partial charge in [-0.2, -0.15) is 0 Å². The number of nitrogens with two attached hydrogens (primary N) is 1. The Labute approximate surface area is 173 Å². The number of nitrogens with zero attached hydrogens (tertiary/aromatic N) is 1. The molecule has 2 aromatic carbocycles. The van der Waals surface area contributed by atoms with E-state index in [2.05, 4.69) is 24.1 Å². The minimum atomic E-state index is -0.258. The predicted molar refractivity (Wildman–Crippen MR) is 116 cm³/mol. The highest BCUT2D eigenvalue weighted by molar-refractivity contribution is 5.96. The molecule has 0 bridgehead atoms. The topological polar surface area (TPSA) is 75.4 Å². The second-order valence-electron chi connectivity index (χ2n) is 7.99. The monoisotopic (exact) mass is 393 g/mol. The van der Waals surface area contributed by atoms with Crippen molar-refractivity contribution in [1.82, 2.24) is 4.90 Å². The maximum Gasteiger partial charge on any atom is 0.234 e. The Morgan fingerprint density at radius 3 is 2.62 bits per heavy atom. The molecule has 1 saturated heterocycles. The summed E-state index contributed by atoms with van der Waals surface area (Å²) in [6.07, 6.45) is 2.73. The first-order valence-electron chi connectivity index (χ1n) is 10.5. The van der Waals surface area contributed by atoms with Crippen molar-refractivity contribution < 1.29 is 9.59 Å². The van der Waals surface area contributed by atoms with Crippen molar-refractivity contribution in [2.24, 2.45) is 11.7 Å². The van der Waals surface area contributed by atoms with Crippen molar-refractivity contribution >= 4 is 17.5 Å². The van der Waals surface area contributed by atoms with E-state index < -0.39 is 0 Å². The number of amides is 2. The maximum absolute atomic E-state index is 13.1. The lowest BCUT2D eigenvalue weighted by Crippen LogP contribution is -2.39. The summed E-state index contributed by atoms with van der Waals surface area (Å²) in [5.41, 5.74) is 8.42. The van der Waals surface area contributed by atoms with Crippen LogP contribution >= 0.6 is 0 Å². The first-order chi connectivity index (χ1) is 14.0. The predicted octanol–water partition coefficient (Wildman–Crippen LogP) is 3.90. The second kappa shape index (κ2) is 9.70. The van der Waals surface area contributed by atoms with Crippen molar-refractivity contribution in [2.75, 3.05) is 11.9 Å². The van der Waals surface area contributed by atoms with Crippen molar-refractivity contribution in [3.05, 3.63) is 65.7 Å². The van der Waals surface area contributed by atoms with E-state index in [0.29, 0.717) is 6.54 Å². The normalized spacial score (nSPS) is 18.9. The molecule has 154 valence electrons. The minimum absolute atomic E-state index is 0.0129. The molecule has 0 aromatic heterocycles. The average Bonchev–Trinajstić information content (AvgIpc) is 3.17. The van der Waals surface area contributed by atoms with Crippen LogP contribution in [0.3, 0.4) is 0 Å². The molecule has 2 aromatic rings. The second-order valence-corrected chi connectivity index (χ2v) is 7.99. The number of rotatable bonds is 8. The van der Waals surface area contributed by atoms with Gasteiger partial charge in [-0.3, -0.25) is 14.5 Å². The van der Waals surface area contributed by atoms with E-state index >= 15 is 0 Å². The van der Waals surface area contributed by atoms with E-state index in [-0.39, 0.29) is 29.7 Å². The summed E-state index contributed by atoms with van der Waals surface area (Å²) in [4.78, 5) is 26.9. The molecule has 0 radical (unpaired) electrons. The Morgan fingerprint density at radius 1 is 1.17 bits per heavy atom. The fourth-order valence-electron chi connectivity index (χ4n) is 4.17. The molecule has 0 saturated carbocycles. The quantitative estimate of drug-likeness (QED) is 0.714. The third-order valence-electron chi connectivity index (χ3n) is 5.93. The van der Waals surface area contributed by atoms with Gasteiger partial charge in [-0.25, -0.2) is 0 Å². The van der Waals surface area contributed by atoms with Crippen molar-refractivity contribution in [2.45, 2.75) is 51.6 Å². The number of carbonyl (C=O) groups is 2. The molecular formula is C24H31N3O2. The summed E-state index contributed by atoms with van der Waals surface area (Å²) < 4.78 is 0. The molecule has 5 heteroatoms. The molecule has 3 unspecified atom stereocenters. The van der Waals surface area contributed by atoms with Crippen LogP contribution in [0, 0.1) is 5.92 Å². The standard InChI is InChI=1S/C24H31N3O2/c1-3-17(2)22(19-10-5-4-6-11-19)24(29)26-20-12-7-9-18(15-20)16-27-14-8-13-21(27)23(25)28/h4-7,9-12,15,17,21-22H,3,8,13-14,16H2,1-2H3,(H2,25,28)(H,26,29). The molecule has 0 aliphatic carbocycles. The van der Waals surface area contributed by atoms with E-state index in [1.165, 1.54) is 0 Å². The number of anilines is 1. The molecule has 1 aliphatic rings. The van der Waals surface area contributed by atoms with Gasteiger partial charge in [0.2, 0.25) is 11.8 Å². The van der Waals surface area contributed by atoms with Gasteiger partial charge in [0.15, 0.2) is 0 Å². The maximum atomic E-state index is 13.1. The van der Waals surface area contributed by atoms with Crippen LogP contribution in [0.25, 0.3) is 0 Å². The highest BCUT2D eigenvalue weighted by atomic mass is 16.2. The largest absolute Gasteiger partial charge is 0.368 e. The van der Waals surface area contributed by atoms with Crippen LogP contribution in [0.4, 0.5) is 5.69 Å². The van der Waals surface area contributed by atoms with Gasteiger partial charge in [0.25, 0.3) is 0 Å². The molecule has 3 N–H and O–H groups in total. The Hall–Kier alpha value is -2.66. The third-order valence-corrected chi connectivity index (χ3v) is 5.93. The lowest BCUT2D eigenvalue weighted by atomic mass is 9.85. The van der Waals surface area contributed by atoms with Crippen molar-refractivity contribution in [3.63, 3.8) is 0 Å². The summed E-state index contributed by atoms with van der Waals surface area (Å²) in [5, 5.41) is 3.11. The molecule has 5 nitrogen and oxygen atoms in total. The molecule has 1 fully saturated rings. The van der Waals surface area contributed by atoms with Gasteiger partial charge in [-0.15, -0.1) is 0 Å². The number of benzene rings is 2. The Morgan fingerprint density at radius 2 is 1.93 bits per heavy atom. The third kappa shape index (κ3) is 5.24. The summed E-state index contributed by atoms with van der Waals surface area (Å²) in [6.45, 7) is 5.75. The molecule has 1 aliphatic heterocycles. The lowest BCUT2D eigenvalue weighted by molar-refractivity contribution is -0.122. The number of hydrogen-bond donors (Lipinski definition) is 2. The lowest BCUT2D eigenvalue weighted by Gasteiger charge is -2.24. The fourth-order valence-corrected chi connectivity index (χ4v) is 4.17. The highest BCUT2D eigenvalue weighted by Gasteiger charge is 2.29. The summed E-state index contributed by atoms with van der Waals surface area (Å²) in [5.74, 6) is -0.200. The molecular weight excluding hydrogens is 362 g/mol. The first kappa shape index (κ1) is 21.1. The van der Waals surface area contributed by atoms with Crippen molar-refractivity contribution in [3.8, 4) is 0 Å². The number of hydrogen-bond acceptors (Lipinski definition) is 3. The van der Waals surface area contributed by atoms with Gasteiger partial charge >= 0.3 is 0 Å². The number of likely N-dealkylation sites (tertiary alicyclic amines) is 1. The van der Waals surface area contributed by atoms with Crippen molar-refractivity contribution in [1.29, 1.82) is 0 Å². The van der Waals surface area contributed by atoms with Crippen LogP contribution in [0.5, 0.6) is 0 Å². The van der Waals surface area contributed by atoms with Crippen LogP contribution in [0.15, 0.2) is 54.6 Å². The first-order valence-corrected chi connectivity index (χ1v) is 10.5. The van der Waals surface area contributed by atoms with Crippen LogP contribution in [0.2, 0.25) is 0 Å². The summed E-state index contributed by atoms with van der Waals surface area (Å²) in [7, 11) is 0. The van der Waals surface area contributed by atoms with Gasteiger partial charge in [-0.05, 0) is 48.6 Å². The van der Waals surface area contributed by atoms with Crippen LogP contribution in [0.1, 0.15) is 50.2 Å². The Bertz CT molecular complexity index is 837. The molecule has 3 atom stereocenters. The van der Waals surface area contributed by atoms with Gasteiger partial charge in [0.05, 0.1) is 12.0 Å². The number of carbonyl (C=O) groups excluding carboxylic acids is 2. The molecule has 1 heterocycles. The van der Waals surface area contributed by atoms with E-state index in [1.807, 2.05) is 54.6 Å². The van der Waals surface area contributed by atoms with Crippen LogP contribution in [-0.2, 0) is 16.1 Å². The average molecular weight is 394 g/mol. The van der Waals surface area contributed by atoms with Gasteiger partial charge in [0.1, 0.15) is 0 Å². The number of nitrogens with one attached hydrogen (secondary N) is 1. The van der Waals surface area contributed by atoms with Crippen LogP contribution in [-0.4, -0.2) is 29.3 Å². The minimum Gasteiger partial charge on any atom is -0.368 e. The zero-order valence-corrected chi connectivity index (χ0v) is 17.3. The van der Waals surface area contributed by atoms with Gasteiger partial charge in [-0.1, -0.05) is 62.7 Å². The fraction of sp³-hybridized carbons (Fsp3) is 0.417. The molecule has 29 heavy (non-hydrogen) atoms. The molecule has 3 rings (SSSR count). The Balaban J connectivity index is 1.73. The summed E-state index contributed by atoms with van der Waals surface area (Å²) in [6, 6.07) is 17.6. The SMILES string of the molecule is CCC(C)C(C(=O)Nc1cccc(CN2CCCC2C(N)=O)c1)c1ccccc1. The highest BCUT2D eigenvalue weighted by Crippen LogP contribution is 2.29. The summed E-state index contributed by atoms with van der Waals surface area (Å²) >= 11 is 0. The van der Waals surface area contributed by atoms with Crippen LogP contribution < -0.4 is 11.1 Å².